The molecule has 2 atom stereocenters. The predicted molar refractivity (Wildman–Crippen MR) is 97.6 cm³/mol. The molecule has 1 fully saturated rings. The highest BCUT2D eigenvalue weighted by Gasteiger charge is 2.36. The Morgan fingerprint density at radius 3 is 2.70 bits per heavy atom. The van der Waals surface area contributed by atoms with Crippen LogP contribution in [0.3, 0.4) is 0 Å². The van der Waals surface area contributed by atoms with Crippen LogP contribution in [0.15, 0.2) is 47.1 Å². The summed E-state index contributed by atoms with van der Waals surface area (Å²) < 4.78 is 10.5. The summed E-state index contributed by atoms with van der Waals surface area (Å²) in [5, 5.41) is 2.71. The van der Waals surface area contributed by atoms with Gasteiger partial charge in [0.05, 0.1) is 18.7 Å². The summed E-state index contributed by atoms with van der Waals surface area (Å²) >= 11 is 0. The highest BCUT2D eigenvalue weighted by molar-refractivity contribution is 5.95. The molecule has 7 heteroatoms. The average Bonchev–Trinajstić information content (AvgIpc) is 3.27. The van der Waals surface area contributed by atoms with Crippen molar-refractivity contribution < 1.29 is 23.5 Å². The number of esters is 1. The molecule has 0 unspecified atom stereocenters. The predicted octanol–water partition coefficient (Wildman–Crippen LogP) is 2.51. The smallest absolute Gasteiger partial charge is 0.312 e. The van der Waals surface area contributed by atoms with Crippen molar-refractivity contribution in [3.05, 3.63) is 54.0 Å². The molecule has 2 amide bonds. The van der Waals surface area contributed by atoms with E-state index < -0.39 is 23.9 Å². The third kappa shape index (κ3) is 4.75. The summed E-state index contributed by atoms with van der Waals surface area (Å²) in [6.07, 6.45) is 0.662. The number of nitrogens with one attached hydrogen (secondary N) is 1. The van der Waals surface area contributed by atoms with E-state index >= 15 is 0 Å². The minimum atomic E-state index is -0.951. The summed E-state index contributed by atoms with van der Waals surface area (Å²) in [5.41, 5.74) is 1.71. The maximum Gasteiger partial charge on any atom is 0.312 e. The van der Waals surface area contributed by atoms with Gasteiger partial charge in [-0.15, -0.1) is 0 Å². The van der Waals surface area contributed by atoms with E-state index in [1.807, 2.05) is 19.1 Å². The van der Waals surface area contributed by atoms with Crippen LogP contribution in [0.5, 0.6) is 0 Å². The molecule has 1 aliphatic rings. The molecular weight excluding hydrogens is 348 g/mol. The summed E-state index contributed by atoms with van der Waals surface area (Å²) in [5.74, 6) is -1.02. The SMILES string of the molecule is Cc1ccc(NC(=O)[C@@H](C)OC(=O)[C@@H]2CC(=O)N(Cc3ccco3)C2)cc1. The maximum atomic E-state index is 12.3. The summed E-state index contributed by atoms with van der Waals surface area (Å²) in [6.45, 7) is 4.04. The van der Waals surface area contributed by atoms with Crippen molar-refractivity contribution in [1.82, 2.24) is 4.90 Å². The van der Waals surface area contributed by atoms with Gasteiger partial charge in [-0.3, -0.25) is 14.4 Å². The van der Waals surface area contributed by atoms with Gasteiger partial charge in [0.25, 0.3) is 5.91 Å². The Labute approximate surface area is 157 Å². The first-order valence-electron chi connectivity index (χ1n) is 8.80. The number of hydrogen-bond donors (Lipinski definition) is 1. The van der Waals surface area contributed by atoms with E-state index in [2.05, 4.69) is 5.32 Å². The van der Waals surface area contributed by atoms with Gasteiger partial charge in [-0.1, -0.05) is 17.7 Å². The zero-order valence-electron chi connectivity index (χ0n) is 15.3. The molecule has 3 rings (SSSR count). The van der Waals surface area contributed by atoms with E-state index in [1.165, 1.54) is 13.2 Å². The van der Waals surface area contributed by atoms with Gasteiger partial charge >= 0.3 is 5.97 Å². The van der Waals surface area contributed by atoms with Crippen LogP contribution < -0.4 is 5.32 Å². The third-order valence-corrected chi connectivity index (χ3v) is 4.46. The van der Waals surface area contributed by atoms with Crippen LogP contribution in [-0.2, 0) is 25.7 Å². The number of carbonyl (C=O) groups excluding carboxylic acids is 3. The van der Waals surface area contributed by atoms with E-state index in [1.54, 1.807) is 29.2 Å². The summed E-state index contributed by atoms with van der Waals surface area (Å²) in [6, 6.07) is 10.8. The van der Waals surface area contributed by atoms with Crippen molar-refractivity contribution in [2.24, 2.45) is 5.92 Å². The Kier molecular flexibility index (Phi) is 5.59. The standard InChI is InChI=1S/C20H22N2O5/c1-13-5-7-16(8-6-13)21-19(24)14(2)27-20(25)15-10-18(23)22(11-15)12-17-4-3-9-26-17/h3-9,14-15H,10-12H2,1-2H3,(H,21,24)/t14-,15-/m1/s1. The highest BCUT2D eigenvalue weighted by atomic mass is 16.5. The minimum absolute atomic E-state index is 0.0752. The zero-order valence-corrected chi connectivity index (χ0v) is 15.3. The number of hydrogen-bond acceptors (Lipinski definition) is 5. The lowest BCUT2D eigenvalue weighted by Crippen LogP contribution is -2.33. The van der Waals surface area contributed by atoms with Crippen molar-refractivity contribution >= 4 is 23.5 Å². The number of likely N-dealkylation sites (tertiary alicyclic amines) is 1. The van der Waals surface area contributed by atoms with Gasteiger partial charge in [0.15, 0.2) is 6.10 Å². The number of carbonyl (C=O) groups is 3. The Hall–Kier alpha value is -3.09. The molecule has 1 aliphatic heterocycles. The molecule has 27 heavy (non-hydrogen) atoms. The normalized spacial score (nSPS) is 17.6. The lowest BCUT2D eigenvalue weighted by atomic mass is 10.1. The molecule has 0 spiro atoms. The number of aryl methyl sites for hydroxylation is 1. The minimum Gasteiger partial charge on any atom is -0.467 e. The van der Waals surface area contributed by atoms with Crippen molar-refractivity contribution in [2.75, 3.05) is 11.9 Å². The van der Waals surface area contributed by atoms with Gasteiger partial charge < -0.3 is 19.4 Å². The topological polar surface area (TPSA) is 88.8 Å². The number of ether oxygens (including phenoxy) is 1. The van der Waals surface area contributed by atoms with Crippen LogP contribution in [-0.4, -0.2) is 35.3 Å². The van der Waals surface area contributed by atoms with Gasteiger partial charge in [-0.05, 0) is 38.1 Å². The average molecular weight is 370 g/mol. The fourth-order valence-corrected chi connectivity index (χ4v) is 2.88. The molecule has 1 aromatic carbocycles. The van der Waals surface area contributed by atoms with E-state index in [4.69, 9.17) is 9.15 Å². The van der Waals surface area contributed by atoms with Crippen molar-refractivity contribution in [1.29, 1.82) is 0 Å². The number of benzene rings is 1. The molecule has 0 aliphatic carbocycles. The largest absolute Gasteiger partial charge is 0.467 e. The van der Waals surface area contributed by atoms with Crippen LogP contribution in [0.1, 0.15) is 24.7 Å². The molecule has 142 valence electrons. The second-order valence-corrected chi connectivity index (χ2v) is 6.69. The fraction of sp³-hybridized carbons (Fsp3) is 0.350. The van der Waals surface area contributed by atoms with Crippen LogP contribution in [0.2, 0.25) is 0 Å². The van der Waals surface area contributed by atoms with Crippen molar-refractivity contribution in [3.8, 4) is 0 Å². The van der Waals surface area contributed by atoms with Gasteiger partial charge in [0, 0.05) is 18.7 Å². The maximum absolute atomic E-state index is 12.3. The first-order chi connectivity index (χ1) is 12.9. The molecule has 0 radical (unpaired) electrons. The Balaban J connectivity index is 1.51. The second kappa shape index (κ2) is 8.07. The van der Waals surface area contributed by atoms with E-state index in [0.29, 0.717) is 18.0 Å². The Bertz CT molecular complexity index is 813. The monoisotopic (exact) mass is 370 g/mol. The van der Waals surface area contributed by atoms with Crippen LogP contribution >= 0.6 is 0 Å². The van der Waals surface area contributed by atoms with Gasteiger partial charge in [0.2, 0.25) is 5.91 Å². The number of amides is 2. The van der Waals surface area contributed by atoms with E-state index in [9.17, 15) is 14.4 Å². The molecule has 0 bridgehead atoms. The van der Waals surface area contributed by atoms with Gasteiger partial charge in [-0.25, -0.2) is 0 Å². The van der Waals surface area contributed by atoms with Gasteiger partial charge in [-0.2, -0.15) is 0 Å². The van der Waals surface area contributed by atoms with Gasteiger partial charge in [0.1, 0.15) is 5.76 Å². The summed E-state index contributed by atoms with van der Waals surface area (Å²) in [4.78, 5) is 38.2. The second-order valence-electron chi connectivity index (χ2n) is 6.69. The number of furan rings is 1. The molecule has 1 N–H and O–H groups in total. The lowest BCUT2D eigenvalue weighted by Gasteiger charge is -2.17. The molecule has 7 nitrogen and oxygen atoms in total. The molecule has 0 saturated carbocycles. The van der Waals surface area contributed by atoms with E-state index in [-0.39, 0.29) is 18.9 Å². The van der Waals surface area contributed by atoms with E-state index in [0.717, 1.165) is 5.56 Å². The molecule has 1 saturated heterocycles. The molecular formula is C20H22N2O5. The molecule has 2 aromatic rings. The molecule has 2 heterocycles. The van der Waals surface area contributed by atoms with Crippen LogP contribution in [0, 0.1) is 12.8 Å². The summed E-state index contributed by atoms with van der Waals surface area (Å²) in [7, 11) is 0. The number of rotatable bonds is 6. The van der Waals surface area contributed by atoms with Crippen LogP contribution in [0.25, 0.3) is 0 Å². The first-order valence-corrected chi connectivity index (χ1v) is 8.80. The quantitative estimate of drug-likeness (QED) is 0.789. The molecule has 1 aromatic heterocycles. The van der Waals surface area contributed by atoms with Crippen molar-refractivity contribution in [2.45, 2.75) is 32.9 Å². The Morgan fingerprint density at radius 2 is 2.04 bits per heavy atom. The zero-order chi connectivity index (χ0) is 19.4. The highest BCUT2D eigenvalue weighted by Crippen LogP contribution is 2.22. The first kappa shape index (κ1) is 18.7. The number of nitrogens with zero attached hydrogens (tertiary/aromatic N) is 1. The van der Waals surface area contributed by atoms with Crippen molar-refractivity contribution in [3.63, 3.8) is 0 Å². The Morgan fingerprint density at radius 1 is 1.30 bits per heavy atom. The van der Waals surface area contributed by atoms with Crippen LogP contribution in [0.4, 0.5) is 5.69 Å². The third-order valence-electron chi connectivity index (χ3n) is 4.46. The lowest BCUT2D eigenvalue weighted by molar-refractivity contribution is -0.157. The fourth-order valence-electron chi connectivity index (χ4n) is 2.88. The number of anilines is 1.